The highest BCUT2D eigenvalue weighted by Gasteiger charge is 2.16. The van der Waals surface area contributed by atoms with Crippen molar-refractivity contribution < 1.29 is 14.3 Å². The predicted molar refractivity (Wildman–Crippen MR) is 81.4 cm³/mol. The first-order valence-corrected chi connectivity index (χ1v) is 7.69. The SMILES string of the molecule is CCc1ccc(C(=O)CCC(=O)NCC2CCCO2)cc1. The van der Waals surface area contributed by atoms with Gasteiger partial charge in [-0.3, -0.25) is 9.59 Å². The zero-order valence-corrected chi connectivity index (χ0v) is 12.6. The molecule has 4 nitrogen and oxygen atoms in total. The van der Waals surface area contributed by atoms with Gasteiger partial charge in [0, 0.05) is 31.6 Å². The Labute approximate surface area is 125 Å². The number of ketones is 1. The van der Waals surface area contributed by atoms with Crippen molar-refractivity contribution in [2.45, 2.75) is 45.1 Å². The number of aryl methyl sites for hydroxylation is 1. The average Bonchev–Trinajstić information content (AvgIpc) is 3.04. The van der Waals surface area contributed by atoms with Crippen molar-refractivity contribution in [2.24, 2.45) is 0 Å². The molecule has 114 valence electrons. The fraction of sp³-hybridized carbons (Fsp3) is 0.529. The number of hydrogen-bond acceptors (Lipinski definition) is 3. The van der Waals surface area contributed by atoms with Gasteiger partial charge in [0.05, 0.1) is 6.10 Å². The van der Waals surface area contributed by atoms with Gasteiger partial charge < -0.3 is 10.1 Å². The lowest BCUT2D eigenvalue weighted by molar-refractivity contribution is -0.121. The summed E-state index contributed by atoms with van der Waals surface area (Å²) >= 11 is 0. The monoisotopic (exact) mass is 289 g/mol. The van der Waals surface area contributed by atoms with Crippen LogP contribution < -0.4 is 5.32 Å². The van der Waals surface area contributed by atoms with E-state index >= 15 is 0 Å². The molecule has 1 amide bonds. The van der Waals surface area contributed by atoms with Gasteiger partial charge in [-0.25, -0.2) is 0 Å². The lowest BCUT2D eigenvalue weighted by atomic mass is 10.0. The second kappa shape index (κ2) is 7.93. The second-order valence-corrected chi connectivity index (χ2v) is 5.41. The molecule has 1 aliphatic heterocycles. The zero-order valence-electron chi connectivity index (χ0n) is 12.6. The summed E-state index contributed by atoms with van der Waals surface area (Å²) in [6, 6.07) is 7.60. The lowest BCUT2D eigenvalue weighted by Crippen LogP contribution is -2.31. The Bertz CT molecular complexity index is 475. The summed E-state index contributed by atoms with van der Waals surface area (Å²) in [4.78, 5) is 23.7. The van der Waals surface area contributed by atoms with Crippen molar-refractivity contribution in [3.63, 3.8) is 0 Å². The van der Waals surface area contributed by atoms with Crippen molar-refractivity contribution in [3.05, 3.63) is 35.4 Å². The van der Waals surface area contributed by atoms with E-state index in [-0.39, 0.29) is 30.6 Å². The number of Topliss-reactive ketones (excluding diaryl/α,β-unsaturated/α-hetero) is 1. The van der Waals surface area contributed by atoms with Crippen LogP contribution in [0.1, 0.15) is 48.5 Å². The number of benzene rings is 1. The van der Waals surface area contributed by atoms with Crippen LogP contribution in [0.3, 0.4) is 0 Å². The topological polar surface area (TPSA) is 55.4 Å². The van der Waals surface area contributed by atoms with Gasteiger partial charge in [0.25, 0.3) is 0 Å². The van der Waals surface area contributed by atoms with Crippen molar-refractivity contribution in [3.8, 4) is 0 Å². The number of amides is 1. The number of rotatable bonds is 7. The molecular formula is C17H23NO3. The van der Waals surface area contributed by atoms with E-state index < -0.39 is 0 Å². The van der Waals surface area contributed by atoms with Gasteiger partial charge in [0.2, 0.25) is 5.91 Å². The lowest BCUT2D eigenvalue weighted by Gasteiger charge is -2.10. The van der Waals surface area contributed by atoms with Crippen molar-refractivity contribution in [1.29, 1.82) is 0 Å². The molecule has 0 saturated carbocycles. The van der Waals surface area contributed by atoms with E-state index in [4.69, 9.17) is 4.74 Å². The van der Waals surface area contributed by atoms with Crippen LogP contribution in [0.15, 0.2) is 24.3 Å². The van der Waals surface area contributed by atoms with Crippen LogP contribution in [0.25, 0.3) is 0 Å². The molecule has 1 atom stereocenters. The molecule has 0 bridgehead atoms. The van der Waals surface area contributed by atoms with Gasteiger partial charge >= 0.3 is 0 Å². The minimum Gasteiger partial charge on any atom is -0.376 e. The number of ether oxygens (including phenoxy) is 1. The normalized spacial score (nSPS) is 17.7. The van der Waals surface area contributed by atoms with Crippen LogP contribution in [0, 0.1) is 0 Å². The van der Waals surface area contributed by atoms with Crippen LogP contribution >= 0.6 is 0 Å². The van der Waals surface area contributed by atoms with Crippen LogP contribution in [0.4, 0.5) is 0 Å². The second-order valence-electron chi connectivity index (χ2n) is 5.41. The fourth-order valence-electron chi connectivity index (χ4n) is 2.42. The average molecular weight is 289 g/mol. The standard InChI is InChI=1S/C17H23NO3/c1-2-13-5-7-14(8-6-13)16(19)9-10-17(20)18-12-15-4-3-11-21-15/h5-8,15H,2-4,9-12H2,1H3,(H,18,20). The first-order valence-electron chi connectivity index (χ1n) is 7.69. The summed E-state index contributed by atoms with van der Waals surface area (Å²) in [5.74, 6) is -0.0612. The quantitative estimate of drug-likeness (QED) is 0.785. The van der Waals surface area contributed by atoms with Gasteiger partial charge in [-0.2, -0.15) is 0 Å². The summed E-state index contributed by atoms with van der Waals surface area (Å²) in [5.41, 5.74) is 1.89. The van der Waals surface area contributed by atoms with Crippen molar-refractivity contribution in [2.75, 3.05) is 13.2 Å². The van der Waals surface area contributed by atoms with E-state index in [1.54, 1.807) is 0 Å². The van der Waals surface area contributed by atoms with Crippen LogP contribution in [0.5, 0.6) is 0 Å². The van der Waals surface area contributed by atoms with Gasteiger partial charge in [0.1, 0.15) is 0 Å². The molecule has 0 spiro atoms. The predicted octanol–water partition coefficient (Wildman–Crippen LogP) is 2.51. The van der Waals surface area contributed by atoms with Gasteiger partial charge in [-0.15, -0.1) is 0 Å². The molecule has 1 fully saturated rings. The summed E-state index contributed by atoms with van der Waals surface area (Å²) in [5, 5.41) is 2.83. The zero-order chi connectivity index (χ0) is 15.1. The van der Waals surface area contributed by atoms with E-state index in [0.29, 0.717) is 12.1 Å². The maximum Gasteiger partial charge on any atom is 0.220 e. The molecule has 1 saturated heterocycles. The van der Waals surface area contributed by atoms with Gasteiger partial charge in [-0.05, 0) is 24.8 Å². The molecule has 1 aliphatic rings. The van der Waals surface area contributed by atoms with E-state index in [2.05, 4.69) is 12.2 Å². The largest absolute Gasteiger partial charge is 0.376 e. The summed E-state index contributed by atoms with van der Waals surface area (Å²) in [6.07, 6.45) is 3.66. The molecule has 1 unspecified atom stereocenters. The maximum absolute atomic E-state index is 12.0. The Hall–Kier alpha value is -1.68. The first kappa shape index (κ1) is 15.7. The van der Waals surface area contributed by atoms with Gasteiger partial charge in [-0.1, -0.05) is 31.2 Å². The summed E-state index contributed by atoms with van der Waals surface area (Å²) < 4.78 is 5.44. The van der Waals surface area contributed by atoms with Crippen LogP contribution in [0.2, 0.25) is 0 Å². The highest BCUT2D eigenvalue weighted by atomic mass is 16.5. The Morgan fingerprint density at radius 2 is 2.00 bits per heavy atom. The van der Waals surface area contributed by atoms with E-state index in [9.17, 15) is 9.59 Å². The number of carbonyl (C=O) groups is 2. The fourth-order valence-corrected chi connectivity index (χ4v) is 2.42. The Morgan fingerprint density at radius 3 is 2.62 bits per heavy atom. The first-order chi connectivity index (χ1) is 10.2. The molecule has 4 heteroatoms. The van der Waals surface area contributed by atoms with Gasteiger partial charge in [0.15, 0.2) is 5.78 Å². The highest BCUT2D eigenvalue weighted by molar-refractivity contribution is 5.97. The molecule has 21 heavy (non-hydrogen) atoms. The Morgan fingerprint density at radius 1 is 1.24 bits per heavy atom. The van der Waals surface area contributed by atoms with E-state index in [1.807, 2.05) is 24.3 Å². The molecule has 1 N–H and O–H groups in total. The molecular weight excluding hydrogens is 266 g/mol. The molecule has 0 aliphatic carbocycles. The molecule has 1 heterocycles. The number of carbonyl (C=O) groups excluding carboxylic acids is 2. The Kier molecular flexibility index (Phi) is 5.93. The molecule has 1 aromatic carbocycles. The maximum atomic E-state index is 12.0. The highest BCUT2D eigenvalue weighted by Crippen LogP contribution is 2.11. The van der Waals surface area contributed by atoms with E-state index in [0.717, 1.165) is 25.9 Å². The minimum atomic E-state index is -0.0796. The summed E-state index contributed by atoms with van der Waals surface area (Å²) in [7, 11) is 0. The van der Waals surface area contributed by atoms with Crippen molar-refractivity contribution >= 4 is 11.7 Å². The third-order valence-corrected chi connectivity index (χ3v) is 3.81. The molecule has 1 aromatic rings. The van der Waals surface area contributed by atoms with Crippen LogP contribution in [-0.4, -0.2) is 30.9 Å². The van der Waals surface area contributed by atoms with E-state index in [1.165, 1.54) is 5.56 Å². The minimum absolute atomic E-state index is 0.0184. The molecule has 0 radical (unpaired) electrons. The molecule has 2 rings (SSSR count). The third kappa shape index (κ3) is 4.97. The number of hydrogen-bond donors (Lipinski definition) is 1. The third-order valence-electron chi connectivity index (χ3n) is 3.81. The smallest absolute Gasteiger partial charge is 0.220 e. The van der Waals surface area contributed by atoms with Crippen molar-refractivity contribution in [1.82, 2.24) is 5.32 Å². The number of nitrogens with one attached hydrogen (secondary N) is 1. The summed E-state index contributed by atoms with van der Waals surface area (Å²) in [6.45, 7) is 3.42. The molecule has 0 aromatic heterocycles. The van der Waals surface area contributed by atoms with Crippen LogP contribution in [-0.2, 0) is 16.0 Å². The Balaban J connectivity index is 1.70.